The number of non-ortho nitro benzene ring substituents is 1. The zero-order valence-corrected chi connectivity index (χ0v) is 19.4. The number of hydrogen-bond donors (Lipinski definition) is 1. The number of methoxy groups -OCH3 is 1. The quantitative estimate of drug-likeness (QED) is 0.478. The molecule has 0 bridgehead atoms. The Labute approximate surface area is 196 Å². The summed E-state index contributed by atoms with van der Waals surface area (Å²) in [6.07, 6.45) is 0.741. The minimum absolute atomic E-state index is 0.0639. The average Bonchev–Trinajstić information content (AvgIpc) is 3.26. The number of ether oxygens (including phenoxy) is 2. The molecule has 4 rings (SSSR count). The molecule has 182 valence electrons. The lowest BCUT2D eigenvalue weighted by Crippen LogP contribution is -2.48. The third-order valence-electron chi connectivity index (χ3n) is 6.28. The molecule has 1 N–H and O–H groups in total. The standard InChI is InChI=1S/C22H28N6O6/c1-15-10-19(25(2)24-15)23-20(29)13-26-8-6-22(7-9-26)14-27(21(30)34-22)12-16-11-17(28(31)32)4-5-18(16)33-3/h4-5,10-11H,6-9,12-14H2,1-3H3,(H,23,29). The number of anilines is 1. The summed E-state index contributed by atoms with van der Waals surface area (Å²) in [7, 11) is 3.26. The van der Waals surface area contributed by atoms with E-state index in [0.717, 1.165) is 5.69 Å². The van der Waals surface area contributed by atoms with Crippen molar-refractivity contribution in [1.29, 1.82) is 0 Å². The summed E-state index contributed by atoms with van der Waals surface area (Å²) in [6, 6.07) is 6.13. The van der Waals surface area contributed by atoms with E-state index in [4.69, 9.17) is 9.47 Å². The fraction of sp³-hybridized carbons (Fsp3) is 0.500. The molecule has 0 unspecified atom stereocenters. The van der Waals surface area contributed by atoms with Gasteiger partial charge in [0.15, 0.2) is 0 Å². The minimum Gasteiger partial charge on any atom is -0.496 e. The van der Waals surface area contributed by atoms with Gasteiger partial charge in [-0.25, -0.2) is 4.79 Å². The van der Waals surface area contributed by atoms with Gasteiger partial charge in [0.05, 0.1) is 37.4 Å². The third kappa shape index (κ3) is 4.96. The Hall–Kier alpha value is -3.67. The number of amides is 2. The highest BCUT2D eigenvalue weighted by Gasteiger charge is 2.47. The van der Waals surface area contributed by atoms with Crippen LogP contribution in [0.3, 0.4) is 0 Å². The van der Waals surface area contributed by atoms with Crippen LogP contribution in [0, 0.1) is 17.0 Å². The molecule has 3 heterocycles. The van der Waals surface area contributed by atoms with Gasteiger partial charge in [-0.15, -0.1) is 0 Å². The molecule has 0 radical (unpaired) electrons. The van der Waals surface area contributed by atoms with E-state index in [9.17, 15) is 19.7 Å². The van der Waals surface area contributed by atoms with E-state index in [2.05, 4.69) is 10.4 Å². The SMILES string of the molecule is COc1ccc([N+](=O)[O-])cc1CN1CC2(CCN(CC(=O)Nc3cc(C)nn3C)CC2)OC1=O. The van der Waals surface area contributed by atoms with Gasteiger partial charge >= 0.3 is 6.09 Å². The minimum atomic E-state index is -0.628. The summed E-state index contributed by atoms with van der Waals surface area (Å²) >= 11 is 0. The summed E-state index contributed by atoms with van der Waals surface area (Å²) < 4.78 is 12.7. The molecule has 2 aliphatic rings. The molecular formula is C22H28N6O6. The van der Waals surface area contributed by atoms with Gasteiger partial charge < -0.3 is 14.8 Å². The van der Waals surface area contributed by atoms with Gasteiger partial charge in [-0.3, -0.25) is 29.4 Å². The van der Waals surface area contributed by atoms with Crippen LogP contribution in [0.1, 0.15) is 24.1 Å². The molecule has 0 atom stereocenters. The molecule has 2 saturated heterocycles. The van der Waals surface area contributed by atoms with Crippen molar-refractivity contribution in [3.8, 4) is 5.75 Å². The highest BCUT2D eigenvalue weighted by Crippen LogP contribution is 2.35. The van der Waals surface area contributed by atoms with Crippen LogP contribution < -0.4 is 10.1 Å². The van der Waals surface area contributed by atoms with Crippen LogP contribution in [0.15, 0.2) is 24.3 Å². The van der Waals surface area contributed by atoms with E-state index < -0.39 is 16.6 Å². The number of carbonyl (C=O) groups is 2. The van der Waals surface area contributed by atoms with Crippen molar-refractivity contribution in [1.82, 2.24) is 19.6 Å². The smallest absolute Gasteiger partial charge is 0.410 e. The second kappa shape index (κ2) is 9.29. The number of rotatable bonds is 7. The van der Waals surface area contributed by atoms with Crippen LogP contribution in [0.4, 0.5) is 16.3 Å². The molecule has 12 nitrogen and oxygen atoms in total. The number of likely N-dealkylation sites (tertiary alicyclic amines) is 1. The summed E-state index contributed by atoms with van der Waals surface area (Å²) in [4.78, 5) is 39.3. The number of carbonyl (C=O) groups excluding carboxylic acids is 2. The fourth-order valence-electron chi connectivity index (χ4n) is 4.51. The summed E-state index contributed by atoms with van der Waals surface area (Å²) in [5.74, 6) is 0.999. The number of aryl methyl sites for hydroxylation is 2. The lowest BCUT2D eigenvalue weighted by Gasteiger charge is -2.37. The summed E-state index contributed by atoms with van der Waals surface area (Å²) in [5, 5.41) is 18.2. The van der Waals surface area contributed by atoms with Gasteiger partial charge in [0.2, 0.25) is 5.91 Å². The highest BCUT2D eigenvalue weighted by molar-refractivity contribution is 5.91. The molecule has 2 fully saturated rings. The topological polar surface area (TPSA) is 132 Å². The van der Waals surface area contributed by atoms with Gasteiger partial charge in [-0.2, -0.15) is 5.10 Å². The summed E-state index contributed by atoms with van der Waals surface area (Å²) in [6.45, 7) is 3.86. The van der Waals surface area contributed by atoms with Crippen LogP contribution >= 0.6 is 0 Å². The molecule has 1 aromatic heterocycles. The number of nitro groups is 1. The van der Waals surface area contributed by atoms with Crippen LogP contribution in [0.2, 0.25) is 0 Å². The maximum atomic E-state index is 12.6. The molecule has 12 heteroatoms. The first kappa shape index (κ1) is 23.5. The molecule has 2 amide bonds. The van der Waals surface area contributed by atoms with E-state index >= 15 is 0 Å². The maximum absolute atomic E-state index is 12.6. The number of nitrogens with zero attached hydrogens (tertiary/aromatic N) is 5. The van der Waals surface area contributed by atoms with Gasteiger partial charge in [-0.1, -0.05) is 0 Å². The maximum Gasteiger partial charge on any atom is 0.410 e. The Bertz CT molecular complexity index is 1110. The molecule has 0 saturated carbocycles. The predicted molar refractivity (Wildman–Crippen MR) is 122 cm³/mol. The molecule has 2 aliphatic heterocycles. The number of nitro benzene ring substituents is 1. The zero-order chi connectivity index (χ0) is 24.5. The monoisotopic (exact) mass is 472 g/mol. The predicted octanol–water partition coefficient (Wildman–Crippen LogP) is 2.07. The average molecular weight is 473 g/mol. The van der Waals surface area contributed by atoms with Gasteiger partial charge in [0.1, 0.15) is 17.2 Å². The second-order valence-corrected chi connectivity index (χ2v) is 8.78. The Morgan fingerprint density at radius 3 is 2.68 bits per heavy atom. The lowest BCUT2D eigenvalue weighted by atomic mass is 9.91. The van der Waals surface area contributed by atoms with Crippen molar-refractivity contribution in [3.05, 3.63) is 45.6 Å². The molecule has 1 spiro atoms. The molecular weight excluding hydrogens is 444 g/mol. The zero-order valence-electron chi connectivity index (χ0n) is 19.4. The van der Waals surface area contributed by atoms with Crippen LogP contribution in [0.25, 0.3) is 0 Å². The number of aromatic nitrogens is 2. The number of hydrogen-bond acceptors (Lipinski definition) is 8. The van der Waals surface area contributed by atoms with Crippen LogP contribution in [0.5, 0.6) is 5.75 Å². The fourth-order valence-corrected chi connectivity index (χ4v) is 4.51. The van der Waals surface area contributed by atoms with Gasteiger partial charge in [0, 0.05) is 56.7 Å². The first-order valence-electron chi connectivity index (χ1n) is 11.0. The van der Waals surface area contributed by atoms with Gasteiger partial charge in [0.25, 0.3) is 5.69 Å². The number of piperidine rings is 1. The Kier molecular flexibility index (Phi) is 6.42. The van der Waals surface area contributed by atoms with Crippen molar-refractivity contribution in [2.45, 2.75) is 31.9 Å². The van der Waals surface area contributed by atoms with E-state index in [1.165, 1.54) is 25.3 Å². The Morgan fingerprint density at radius 2 is 2.06 bits per heavy atom. The van der Waals surface area contributed by atoms with E-state index in [-0.39, 0.29) is 24.7 Å². The Morgan fingerprint density at radius 1 is 1.32 bits per heavy atom. The number of nitrogens with one attached hydrogen (secondary N) is 1. The lowest BCUT2D eigenvalue weighted by molar-refractivity contribution is -0.384. The van der Waals surface area contributed by atoms with Crippen molar-refractivity contribution in [2.24, 2.45) is 7.05 Å². The van der Waals surface area contributed by atoms with Crippen LogP contribution in [-0.4, -0.2) is 75.4 Å². The number of benzene rings is 1. The second-order valence-electron chi connectivity index (χ2n) is 8.78. The summed E-state index contributed by atoms with van der Waals surface area (Å²) in [5.41, 5.74) is 0.682. The van der Waals surface area contributed by atoms with E-state index in [1.807, 2.05) is 17.9 Å². The normalized spacial score (nSPS) is 17.6. The van der Waals surface area contributed by atoms with E-state index in [1.54, 1.807) is 16.6 Å². The molecule has 2 aromatic rings. The van der Waals surface area contributed by atoms with Crippen LogP contribution in [-0.2, 0) is 23.1 Å². The third-order valence-corrected chi connectivity index (χ3v) is 6.28. The first-order valence-corrected chi connectivity index (χ1v) is 11.0. The van der Waals surface area contributed by atoms with Crippen molar-refractivity contribution in [2.75, 3.05) is 38.6 Å². The van der Waals surface area contributed by atoms with Gasteiger partial charge in [-0.05, 0) is 13.0 Å². The molecule has 0 aliphatic carbocycles. The van der Waals surface area contributed by atoms with Crippen molar-refractivity contribution < 1.29 is 24.0 Å². The first-order chi connectivity index (χ1) is 16.2. The molecule has 1 aromatic carbocycles. The van der Waals surface area contributed by atoms with Crippen molar-refractivity contribution >= 4 is 23.5 Å². The molecule has 34 heavy (non-hydrogen) atoms. The highest BCUT2D eigenvalue weighted by atomic mass is 16.6. The van der Waals surface area contributed by atoms with Crippen molar-refractivity contribution in [3.63, 3.8) is 0 Å². The largest absolute Gasteiger partial charge is 0.496 e. The van der Waals surface area contributed by atoms with E-state index in [0.29, 0.717) is 49.6 Å². The Balaban J connectivity index is 1.34.